The summed E-state index contributed by atoms with van der Waals surface area (Å²) in [5.41, 5.74) is -0.880. The summed E-state index contributed by atoms with van der Waals surface area (Å²) in [4.78, 5) is 57.7. The van der Waals surface area contributed by atoms with Crippen LogP contribution in [-0.4, -0.2) is 69.8 Å². The van der Waals surface area contributed by atoms with Gasteiger partial charge in [0.05, 0.1) is 18.0 Å². The third-order valence-electron chi connectivity index (χ3n) is 9.23. The summed E-state index contributed by atoms with van der Waals surface area (Å²) < 4.78 is 38.2. The molecule has 12 nitrogen and oxygen atoms in total. The van der Waals surface area contributed by atoms with Crippen molar-refractivity contribution in [2.45, 2.75) is 128 Å². The predicted molar refractivity (Wildman–Crippen MR) is 216 cm³/mol. The first-order valence-electron chi connectivity index (χ1n) is 19.0. The van der Waals surface area contributed by atoms with Gasteiger partial charge in [-0.2, -0.15) is 0 Å². The molecule has 0 unspecified atom stereocenters. The van der Waals surface area contributed by atoms with Crippen molar-refractivity contribution in [2.75, 3.05) is 6.26 Å². The quantitative estimate of drug-likeness (QED) is 0.123. The molecule has 0 aliphatic heterocycles. The Morgan fingerprint density at radius 1 is 0.719 bits per heavy atom. The van der Waals surface area contributed by atoms with Gasteiger partial charge in [-0.3, -0.25) is 14.4 Å². The average Bonchev–Trinajstić information content (AvgIpc) is 3.14. The summed E-state index contributed by atoms with van der Waals surface area (Å²) in [6.07, 6.45) is 9.38. The van der Waals surface area contributed by atoms with Crippen molar-refractivity contribution >= 4 is 47.2 Å². The van der Waals surface area contributed by atoms with E-state index in [1.54, 1.807) is 17.8 Å². The second-order valence-corrected chi connectivity index (χ2v) is 17.4. The van der Waals surface area contributed by atoms with Crippen LogP contribution in [0, 0.1) is 17.0 Å². The van der Waals surface area contributed by atoms with Crippen molar-refractivity contribution in [3.05, 3.63) is 76.7 Å². The number of rotatable bonds is 9. The van der Waals surface area contributed by atoms with Crippen molar-refractivity contribution in [1.29, 1.82) is 0 Å². The number of thioether (sulfide) groups is 1. The molecule has 1 aromatic carbocycles. The van der Waals surface area contributed by atoms with Crippen LogP contribution in [0.5, 0.6) is 11.6 Å². The Labute approximate surface area is 342 Å². The molecule has 0 atom stereocenters. The van der Waals surface area contributed by atoms with Gasteiger partial charge in [-0.05, 0) is 109 Å². The SMILES string of the molecule is CC(C)(C)C(=O)NC1CCC(NC(=O)c2cc(F)cnc2Cl)CC1.CSc1cccc(Oc2ncc(F)cc2C(=O)NC2CCC(NC(=O)OC(C)(C)C)CC2)c1. The Hall–Kier alpha value is -4.50. The van der Waals surface area contributed by atoms with Crippen LogP contribution < -0.4 is 26.0 Å². The molecule has 57 heavy (non-hydrogen) atoms. The second kappa shape index (κ2) is 20.3. The number of aromatic nitrogens is 2. The number of pyridine rings is 2. The molecular weight excluding hydrogens is 778 g/mol. The molecule has 2 aliphatic rings. The number of halogens is 3. The minimum Gasteiger partial charge on any atom is -0.444 e. The lowest BCUT2D eigenvalue weighted by Crippen LogP contribution is -2.46. The number of amides is 4. The third kappa shape index (κ3) is 14.7. The van der Waals surface area contributed by atoms with Crippen LogP contribution in [0.1, 0.15) is 114 Å². The van der Waals surface area contributed by atoms with Gasteiger partial charge in [0, 0.05) is 34.5 Å². The Bertz CT molecular complexity index is 1870. The molecule has 3 aromatic rings. The molecule has 0 spiro atoms. The first-order chi connectivity index (χ1) is 26.8. The number of ether oxygens (including phenoxy) is 2. The second-order valence-electron chi connectivity index (χ2n) is 16.2. The number of alkyl carbamates (subject to hydrolysis) is 1. The molecule has 2 fully saturated rings. The van der Waals surface area contributed by atoms with E-state index in [4.69, 9.17) is 21.1 Å². The molecule has 0 radical (unpaired) electrons. The summed E-state index contributed by atoms with van der Waals surface area (Å²) in [7, 11) is 0. The van der Waals surface area contributed by atoms with Crippen LogP contribution in [0.25, 0.3) is 0 Å². The van der Waals surface area contributed by atoms with Crippen LogP contribution >= 0.6 is 23.4 Å². The smallest absolute Gasteiger partial charge is 0.407 e. The van der Waals surface area contributed by atoms with E-state index in [1.807, 2.05) is 66.0 Å². The molecule has 2 aliphatic carbocycles. The zero-order valence-corrected chi connectivity index (χ0v) is 35.0. The number of hydrogen-bond acceptors (Lipinski definition) is 9. The predicted octanol–water partition coefficient (Wildman–Crippen LogP) is 8.38. The largest absolute Gasteiger partial charge is 0.444 e. The van der Waals surface area contributed by atoms with Crippen molar-refractivity contribution in [2.24, 2.45) is 5.41 Å². The molecule has 2 aromatic heterocycles. The Morgan fingerprint density at radius 3 is 1.74 bits per heavy atom. The molecule has 310 valence electrons. The van der Waals surface area contributed by atoms with Gasteiger partial charge in [0.2, 0.25) is 11.8 Å². The van der Waals surface area contributed by atoms with E-state index < -0.39 is 40.6 Å². The minimum absolute atomic E-state index is 0.00792. The van der Waals surface area contributed by atoms with Gasteiger partial charge in [0.15, 0.2) is 0 Å². The average molecular weight is 831 g/mol. The van der Waals surface area contributed by atoms with E-state index in [-0.39, 0.29) is 52.2 Å². The minimum atomic E-state index is -0.615. The number of nitrogens with zero attached hydrogens (tertiary/aromatic N) is 2. The van der Waals surface area contributed by atoms with Gasteiger partial charge in [-0.1, -0.05) is 38.4 Å². The highest BCUT2D eigenvalue weighted by Crippen LogP contribution is 2.28. The molecule has 2 saturated carbocycles. The van der Waals surface area contributed by atoms with Gasteiger partial charge >= 0.3 is 6.09 Å². The molecule has 0 saturated heterocycles. The van der Waals surface area contributed by atoms with Crippen LogP contribution in [0.4, 0.5) is 13.6 Å². The van der Waals surface area contributed by atoms with Crippen molar-refractivity contribution in [1.82, 2.24) is 31.2 Å². The van der Waals surface area contributed by atoms with Crippen molar-refractivity contribution in [3.8, 4) is 11.6 Å². The fourth-order valence-corrected chi connectivity index (χ4v) is 6.83. The van der Waals surface area contributed by atoms with E-state index in [1.165, 1.54) is 0 Å². The molecule has 4 amide bonds. The molecule has 0 bridgehead atoms. The number of hydrogen-bond donors (Lipinski definition) is 4. The zero-order valence-electron chi connectivity index (χ0n) is 33.5. The maximum atomic E-state index is 13.9. The van der Waals surface area contributed by atoms with Gasteiger partial charge < -0.3 is 30.7 Å². The molecule has 16 heteroatoms. The third-order valence-corrected chi connectivity index (χ3v) is 10.3. The van der Waals surface area contributed by atoms with E-state index in [9.17, 15) is 28.0 Å². The monoisotopic (exact) mass is 830 g/mol. The number of nitrogens with one attached hydrogen (secondary N) is 4. The highest BCUT2D eigenvalue weighted by Gasteiger charge is 2.29. The fourth-order valence-electron chi connectivity index (χ4n) is 6.20. The number of benzene rings is 1. The first kappa shape index (κ1) is 45.2. The maximum absolute atomic E-state index is 13.9. The summed E-state index contributed by atoms with van der Waals surface area (Å²) in [5.74, 6) is -1.48. The maximum Gasteiger partial charge on any atom is 0.407 e. The molecular formula is C41H53ClF2N6O6S. The number of carbonyl (C=O) groups excluding carboxylic acids is 4. The van der Waals surface area contributed by atoms with Gasteiger partial charge in [-0.15, -0.1) is 11.8 Å². The Balaban J connectivity index is 0.000000266. The topological polar surface area (TPSA) is 161 Å². The van der Waals surface area contributed by atoms with Crippen molar-refractivity contribution < 1.29 is 37.4 Å². The van der Waals surface area contributed by atoms with Crippen LogP contribution in [0.15, 0.2) is 53.7 Å². The summed E-state index contributed by atoms with van der Waals surface area (Å²) in [5, 5.41) is 11.7. The lowest BCUT2D eigenvalue weighted by molar-refractivity contribution is -0.129. The van der Waals surface area contributed by atoms with Crippen LogP contribution in [0.2, 0.25) is 5.15 Å². The van der Waals surface area contributed by atoms with Crippen LogP contribution in [-0.2, 0) is 9.53 Å². The standard InChI is InChI=1S/C24H30FN3O4S.C17H23ClFN3O2/c1-24(2,3)32-23(30)28-17-10-8-16(9-11-17)27-21(29)20-12-15(25)14-26-22(20)31-18-6-5-7-19(13-18)33-4;1-17(2,3)16(24)22-12-6-4-11(5-7-12)21-15(23)13-8-10(19)9-20-14(13)18/h5-7,12-14,16-17H,8-11H2,1-4H3,(H,27,29)(H,28,30);8-9,11-12H,4-7H2,1-3H3,(H,21,23)(H,22,24). The summed E-state index contributed by atoms with van der Waals surface area (Å²) in [6, 6.07) is 9.60. The van der Waals surface area contributed by atoms with Gasteiger partial charge in [0.25, 0.3) is 11.8 Å². The highest BCUT2D eigenvalue weighted by molar-refractivity contribution is 7.98. The Morgan fingerprint density at radius 2 is 1.21 bits per heavy atom. The fraction of sp³-hybridized carbons (Fsp3) is 0.512. The van der Waals surface area contributed by atoms with E-state index in [2.05, 4.69) is 31.2 Å². The lowest BCUT2D eigenvalue weighted by atomic mass is 9.89. The first-order valence-corrected chi connectivity index (χ1v) is 20.6. The number of carbonyl (C=O) groups is 4. The Kier molecular flexibility index (Phi) is 16.1. The van der Waals surface area contributed by atoms with Gasteiger partial charge in [-0.25, -0.2) is 23.5 Å². The summed E-state index contributed by atoms with van der Waals surface area (Å²) >= 11 is 7.41. The normalized spacial score (nSPS) is 19.5. The van der Waals surface area contributed by atoms with Gasteiger partial charge in [0.1, 0.15) is 33.7 Å². The summed E-state index contributed by atoms with van der Waals surface area (Å²) in [6.45, 7) is 11.1. The van der Waals surface area contributed by atoms with E-state index in [0.717, 1.165) is 55.1 Å². The van der Waals surface area contributed by atoms with Crippen molar-refractivity contribution in [3.63, 3.8) is 0 Å². The van der Waals surface area contributed by atoms with E-state index in [0.29, 0.717) is 31.4 Å². The van der Waals surface area contributed by atoms with E-state index >= 15 is 0 Å². The molecule has 5 rings (SSSR count). The molecule has 4 N–H and O–H groups in total. The highest BCUT2D eigenvalue weighted by atomic mass is 35.5. The van der Waals surface area contributed by atoms with Crippen LogP contribution in [0.3, 0.4) is 0 Å². The lowest BCUT2D eigenvalue weighted by Gasteiger charge is -2.31. The zero-order chi connectivity index (χ0) is 41.9. The molecule has 2 heterocycles.